The molecule has 3 heterocycles. The van der Waals surface area contributed by atoms with Crippen LogP contribution in [0.2, 0.25) is 0 Å². The second kappa shape index (κ2) is 6.25. The number of furan rings is 1. The number of hydrogen-bond acceptors (Lipinski definition) is 2. The number of fused-ring (bicyclic) bond motifs is 10. The van der Waals surface area contributed by atoms with Crippen LogP contribution in [0.5, 0.6) is 0 Å². The average Bonchev–Trinajstić information content (AvgIpc) is 3.54. The van der Waals surface area contributed by atoms with Gasteiger partial charge in [-0.05, 0) is 41.5 Å². The largest absolute Gasteiger partial charge is 0.454 e. The molecule has 1 N–H and O–H groups in total. The number of hydrogen-bond donors (Lipinski definition) is 1. The summed E-state index contributed by atoms with van der Waals surface area (Å²) in [7, 11) is 0. The molecule has 3 aromatic heterocycles. The highest BCUT2D eigenvalue weighted by Crippen LogP contribution is 2.42. The molecule has 0 spiro atoms. The lowest BCUT2D eigenvalue weighted by molar-refractivity contribution is 0.672. The fourth-order valence-electron chi connectivity index (χ4n) is 5.29. The minimum Gasteiger partial charge on any atom is -0.454 e. The Balaban J connectivity index is 1.42. The molecular weight excluding hydrogens is 422 g/mol. The van der Waals surface area contributed by atoms with Crippen LogP contribution in [0.4, 0.5) is 0 Å². The fourth-order valence-corrected chi connectivity index (χ4v) is 6.53. The number of para-hydroxylation sites is 1. The van der Waals surface area contributed by atoms with Crippen LogP contribution in [-0.4, -0.2) is 4.98 Å². The van der Waals surface area contributed by atoms with Crippen molar-refractivity contribution in [2.75, 3.05) is 0 Å². The third-order valence-corrected chi connectivity index (χ3v) is 8.05. The third-order valence-electron chi connectivity index (χ3n) is 6.83. The van der Waals surface area contributed by atoms with E-state index in [1.165, 1.54) is 42.1 Å². The Morgan fingerprint density at radius 2 is 1.42 bits per heavy atom. The maximum absolute atomic E-state index is 6.27. The lowest BCUT2D eigenvalue weighted by atomic mass is 10.0. The van der Waals surface area contributed by atoms with E-state index in [0.717, 1.165) is 33.0 Å². The van der Waals surface area contributed by atoms with Crippen molar-refractivity contribution in [1.82, 2.24) is 4.98 Å². The zero-order valence-electron chi connectivity index (χ0n) is 17.6. The van der Waals surface area contributed by atoms with Gasteiger partial charge in [-0.15, -0.1) is 11.3 Å². The second-order valence-electron chi connectivity index (χ2n) is 8.63. The molecule has 0 saturated carbocycles. The highest BCUT2D eigenvalue weighted by atomic mass is 32.1. The van der Waals surface area contributed by atoms with Gasteiger partial charge in [0.05, 0.1) is 5.52 Å². The Labute approximate surface area is 192 Å². The average molecular weight is 440 g/mol. The predicted molar refractivity (Wildman–Crippen MR) is 141 cm³/mol. The number of H-pyrrole nitrogens is 1. The quantitative estimate of drug-likeness (QED) is 0.271. The van der Waals surface area contributed by atoms with Gasteiger partial charge in [0.15, 0.2) is 5.58 Å². The van der Waals surface area contributed by atoms with E-state index in [2.05, 4.69) is 89.9 Å². The van der Waals surface area contributed by atoms with Crippen molar-refractivity contribution in [3.8, 4) is 11.1 Å². The highest BCUT2D eigenvalue weighted by molar-refractivity contribution is 7.26. The maximum atomic E-state index is 6.27. The monoisotopic (exact) mass is 439 g/mol. The summed E-state index contributed by atoms with van der Waals surface area (Å²) >= 11 is 1.88. The van der Waals surface area contributed by atoms with E-state index in [9.17, 15) is 0 Å². The first-order chi connectivity index (χ1) is 16.3. The van der Waals surface area contributed by atoms with Crippen molar-refractivity contribution >= 4 is 75.3 Å². The van der Waals surface area contributed by atoms with Gasteiger partial charge in [0, 0.05) is 47.2 Å². The summed E-state index contributed by atoms with van der Waals surface area (Å²) in [5.74, 6) is 0. The molecule has 0 fully saturated rings. The minimum absolute atomic E-state index is 0.927. The van der Waals surface area contributed by atoms with Crippen LogP contribution in [0.25, 0.3) is 75.0 Å². The van der Waals surface area contributed by atoms with Crippen LogP contribution in [0, 0.1) is 0 Å². The van der Waals surface area contributed by atoms with E-state index >= 15 is 0 Å². The predicted octanol–water partition coefficient (Wildman–Crippen LogP) is 9.26. The zero-order valence-corrected chi connectivity index (χ0v) is 18.4. The molecule has 0 radical (unpaired) electrons. The maximum Gasteiger partial charge on any atom is 0.159 e. The summed E-state index contributed by atoms with van der Waals surface area (Å²) in [5.41, 5.74) is 6.58. The molecule has 0 aliphatic rings. The second-order valence-corrected chi connectivity index (χ2v) is 9.68. The molecule has 3 heteroatoms. The SMILES string of the molecule is c1ccc2c(c1)oc1c2ccc2c3cc(-c4cccc5c4sc4ccccc45)ccc3[nH]c21. The summed E-state index contributed by atoms with van der Waals surface area (Å²) in [6.45, 7) is 0. The molecule has 0 atom stereocenters. The summed E-state index contributed by atoms with van der Waals surface area (Å²) in [6, 6.07) is 34.7. The van der Waals surface area contributed by atoms with Crippen molar-refractivity contribution in [3.63, 3.8) is 0 Å². The molecular formula is C30H17NOS. The number of benzene rings is 5. The van der Waals surface area contributed by atoms with Gasteiger partial charge in [-0.25, -0.2) is 0 Å². The molecule has 8 aromatic rings. The number of aromatic amines is 1. The van der Waals surface area contributed by atoms with Gasteiger partial charge < -0.3 is 9.40 Å². The standard InChI is InChI=1S/C30H17NOS/c1-3-10-26-19(6-1)22-14-13-21-24-16-17(12-15-25(24)31-28(21)29(22)32-26)18-8-5-9-23-20-7-2-4-11-27(20)33-30(18)23/h1-16,31H. The molecule has 0 bridgehead atoms. The first-order valence-corrected chi connectivity index (χ1v) is 11.9. The molecule has 0 aliphatic heterocycles. The molecule has 5 aromatic carbocycles. The van der Waals surface area contributed by atoms with Crippen molar-refractivity contribution in [3.05, 3.63) is 97.1 Å². The number of rotatable bonds is 1. The van der Waals surface area contributed by atoms with E-state index in [-0.39, 0.29) is 0 Å². The van der Waals surface area contributed by atoms with E-state index < -0.39 is 0 Å². The Morgan fingerprint density at radius 1 is 0.606 bits per heavy atom. The molecule has 0 amide bonds. The van der Waals surface area contributed by atoms with Crippen LogP contribution in [0.15, 0.2) is 101 Å². The van der Waals surface area contributed by atoms with Gasteiger partial charge in [0.25, 0.3) is 0 Å². The minimum atomic E-state index is 0.927. The van der Waals surface area contributed by atoms with E-state index in [1.807, 2.05) is 23.5 Å². The van der Waals surface area contributed by atoms with Crippen LogP contribution in [0.3, 0.4) is 0 Å². The third kappa shape index (κ3) is 2.32. The first-order valence-electron chi connectivity index (χ1n) is 11.1. The van der Waals surface area contributed by atoms with Gasteiger partial charge in [0.2, 0.25) is 0 Å². The summed E-state index contributed by atoms with van der Waals surface area (Å²) in [4.78, 5) is 3.63. The lowest BCUT2D eigenvalue weighted by Crippen LogP contribution is -1.78. The molecule has 8 rings (SSSR count). The Hall–Kier alpha value is -4.08. The molecule has 2 nitrogen and oxygen atoms in total. The van der Waals surface area contributed by atoms with E-state index in [1.54, 1.807) is 0 Å². The topological polar surface area (TPSA) is 28.9 Å². The van der Waals surface area contributed by atoms with E-state index in [4.69, 9.17) is 4.42 Å². The smallest absolute Gasteiger partial charge is 0.159 e. The molecule has 33 heavy (non-hydrogen) atoms. The Bertz CT molecular complexity index is 2040. The van der Waals surface area contributed by atoms with Gasteiger partial charge in [-0.2, -0.15) is 0 Å². The van der Waals surface area contributed by atoms with Crippen LogP contribution in [-0.2, 0) is 0 Å². The Kier molecular flexibility index (Phi) is 3.31. The fraction of sp³-hybridized carbons (Fsp3) is 0. The van der Waals surface area contributed by atoms with Gasteiger partial charge >= 0.3 is 0 Å². The highest BCUT2D eigenvalue weighted by Gasteiger charge is 2.15. The molecule has 0 aliphatic carbocycles. The van der Waals surface area contributed by atoms with Crippen molar-refractivity contribution in [2.24, 2.45) is 0 Å². The summed E-state index contributed by atoms with van der Waals surface area (Å²) in [6.07, 6.45) is 0. The number of aromatic nitrogens is 1. The van der Waals surface area contributed by atoms with Crippen LogP contribution >= 0.6 is 11.3 Å². The van der Waals surface area contributed by atoms with Crippen molar-refractivity contribution < 1.29 is 4.42 Å². The van der Waals surface area contributed by atoms with Gasteiger partial charge in [0.1, 0.15) is 5.58 Å². The Morgan fingerprint density at radius 3 is 2.39 bits per heavy atom. The van der Waals surface area contributed by atoms with Crippen LogP contribution in [0.1, 0.15) is 0 Å². The van der Waals surface area contributed by atoms with Crippen molar-refractivity contribution in [2.45, 2.75) is 0 Å². The molecule has 0 saturated heterocycles. The molecule has 0 unspecified atom stereocenters. The van der Waals surface area contributed by atoms with Crippen LogP contribution < -0.4 is 0 Å². The molecule has 154 valence electrons. The first kappa shape index (κ1) is 17.5. The van der Waals surface area contributed by atoms with Gasteiger partial charge in [-0.1, -0.05) is 66.7 Å². The van der Waals surface area contributed by atoms with Gasteiger partial charge in [-0.3, -0.25) is 0 Å². The summed E-state index contributed by atoms with van der Waals surface area (Å²) < 4.78 is 8.95. The summed E-state index contributed by atoms with van der Waals surface area (Å²) in [5, 5.41) is 7.39. The number of nitrogens with one attached hydrogen (secondary N) is 1. The number of thiophene rings is 1. The lowest BCUT2D eigenvalue weighted by Gasteiger charge is -2.04. The van der Waals surface area contributed by atoms with Crippen molar-refractivity contribution in [1.29, 1.82) is 0 Å². The van der Waals surface area contributed by atoms with E-state index in [0.29, 0.717) is 0 Å². The zero-order chi connectivity index (χ0) is 21.5. The normalized spacial score (nSPS) is 12.2.